The summed E-state index contributed by atoms with van der Waals surface area (Å²) in [6, 6.07) is 3.61. The third-order valence-corrected chi connectivity index (χ3v) is 4.65. The molecule has 1 aliphatic heterocycles. The van der Waals surface area contributed by atoms with Crippen molar-refractivity contribution in [2.45, 2.75) is 6.54 Å². The number of hydrogen-bond donors (Lipinski definition) is 1. The summed E-state index contributed by atoms with van der Waals surface area (Å²) in [5.74, 6) is 2.56. The van der Waals surface area contributed by atoms with Gasteiger partial charge in [0.15, 0.2) is 11.5 Å². The molecule has 148 valence electrons. The second-order valence-electron chi connectivity index (χ2n) is 6.23. The molecule has 1 aliphatic rings. The fourth-order valence-electron chi connectivity index (χ4n) is 3.21. The summed E-state index contributed by atoms with van der Waals surface area (Å²) in [6.45, 7) is 5.15. The molecule has 1 aromatic carbocycles. The van der Waals surface area contributed by atoms with Crippen LogP contribution in [0.2, 0.25) is 0 Å². The summed E-state index contributed by atoms with van der Waals surface area (Å²) in [5, 5.41) is 13.1. The van der Waals surface area contributed by atoms with Crippen LogP contribution in [-0.2, 0) is 6.54 Å². The van der Waals surface area contributed by atoms with Gasteiger partial charge < -0.3 is 23.8 Å². The molecule has 2 aromatic rings. The number of rotatable bonds is 8. The van der Waals surface area contributed by atoms with E-state index in [0.717, 1.165) is 32.7 Å². The van der Waals surface area contributed by atoms with Gasteiger partial charge in [0.1, 0.15) is 0 Å². The van der Waals surface area contributed by atoms with Gasteiger partial charge >= 0.3 is 0 Å². The van der Waals surface area contributed by atoms with Gasteiger partial charge in [0.2, 0.25) is 17.5 Å². The highest BCUT2D eigenvalue weighted by Crippen LogP contribution is 2.43. The largest absolute Gasteiger partial charge is 0.493 e. The van der Waals surface area contributed by atoms with Gasteiger partial charge in [0.25, 0.3) is 0 Å². The molecular formula is C18H26N4O5. The highest BCUT2D eigenvalue weighted by molar-refractivity contribution is 5.71. The number of aliphatic hydroxyl groups excluding tert-OH is 1. The van der Waals surface area contributed by atoms with E-state index in [1.54, 1.807) is 27.4 Å². The van der Waals surface area contributed by atoms with Crippen LogP contribution in [0.3, 0.4) is 0 Å². The average Bonchev–Trinajstić information content (AvgIpc) is 3.16. The van der Waals surface area contributed by atoms with Crippen molar-refractivity contribution in [1.82, 2.24) is 19.9 Å². The van der Waals surface area contributed by atoms with Crippen molar-refractivity contribution in [3.63, 3.8) is 0 Å². The van der Waals surface area contributed by atoms with Gasteiger partial charge in [-0.05, 0) is 12.1 Å². The zero-order chi connectivity index (χ0) is 19.2. The van der Waals surface area contributed by atoms with Crippen LogP contribution in [0.5, 0.6) is 17.2 Å². The van der Waals surface area contributed by atoms with Gasteiger partial charge in [-0.1, -0.05) is 5.16 Å². The Morgan fingerprint density at radius 1 is 1.00 bits per heavy atom. The molecular weight excluding hydrogens is 352 g/mol. The fourth-order valence-corrected chi connectivity index (χ4v) is 3.21. The lowest BCUT2D eigenvalue weighted by Gasteiger charge is -2.33. The smallest absolute Gasteiger partial charge is 0.241 e. The molecule has 9 heteroatoms. The normalized spacial score (nSPS) is 15.7. The van der Waals surface area contributed by atoms with Crippen molar-refractivity contribution < 1.29 is 23.8 Å². The van der Waals surface area contributed by atoms with Gasteiger partial charge in [-0.25, -0.2) is 0 Å². The molecule has 1 fully saturated rings. The predicted octanol–water partition coefficient (Wildman–Crippen LogP) is 0.872. The monoisotopic (exact) mass is 378 g/mol. The second-order valence-corrected chi connectivity index (χ2v) is 6.23. The van der Waals surface area contributed by atoms with E-state index in [0.29, 0.717) is 41.1 Å². The van der Waals surface area contributed by atoms with E-state index in [9.17, 15) is 0 Å². The number of aromatic nitrogens is 2. The van der Waals surface area contributed by atoms with Crippen LogP contribution < -0.4 is 14.2 Å². The van der Waals surface area contributed by atoms with Crippen LogP contribution in [0, 0.1) is 0 Å². The van der Waals surface area contributed by atoms with Gasteiger partial charge in [0, 0.05) is 32.7 Å². The van der Waals surface area contributed by atoms with E-state index in [4.69, 9.17) is 23.8 Å². The third-order valence-electron chi connectivity index (χ3n) is 4.65. The standard InChI is InChI=1S/C18H26N4O5/c1-24-14-5-4-13(16(25-2)17(14)26-3)18-19-15(27-20-18)12-22-8-6-21(7-9-22)10-11-23/h4-5,23H,6-12H2,1-3H3. The minimum absolute atomic E-state index is 0.195. The molecule has 0 unspecified atom stereocenters. The lowest BCUT2D eigenvalue weighted by molar-refractivity contribution is 0.101. The Hall–Kier alpha value is -2.36. The van der Waals surface area contributed by atoms with Crippen molar-refractivity contribution in [2.75, 3.05) is 60.7 Å². The summed E-state index contributed by atoms with van der Waals surface area (Å²) in [4.78, 5) is 9.02. The van der Waals surface area contributed by atoms with Crippen molar-refractivity contribution in [3.8, 4) is 28.6 Å². The van der Waals surface area contributed by atoms with Gasteiger partial charge in [-0.2, -0.15) is 4.98 Å². The average molecular weight is 378 g/mol. The number of benzene rings is 1. The van der Waals surface area contributed by atoms with E-state index < -0.39 is 0 Å². The summed E-state index contributed by atoms with van der Waals surface area (Å²) < 4.78 is 21.7. The number of ether oxygens (including phenoxy) is 3. The SMILES string of the molecule is COc1ccc(-c2noc(CN3CCN(CCO)CC3)n2)c(OC)c1OC. The first kappa shape index (κ1) is 19.4. The number of aliphatic hydroxyl groups is 1. The maximum Gasteiger partial charge on any atom is 0.241 e. The Labute approximate surface area is 158 Å². The first-order valence-electron chi connectivity index (χ1n) is 8.87. The molecule has 27 heavy (non-hydrogen) atoms. The lowest BCUT2D eigenvalue weighted by atomic mass is 10.1. The minimum Gasteiger partial charge on any atom is -0.493 e. The summed E-state index contributed by atoms with van der Waals surface area (Å²) in [7, 11) is 4.69. The van der Waals surface area contributed by atoms with Crippen LogP contribution in [-0.4, -0.2) is 85.7 Å². The van der Waals surface area contributed by atoms with E-state index in [2.05, 4.69) is 19.9 Å². The van der Waals surface area contributed by atoms with E-state index in [1.165, 1.54) is 0 Å². The fraction of sp³-hybridized carbons (Fsp3) is 0.556. The molecule has 1 N–H and O–H groups in total. The number of piperazine rings is 1. The van der Waals surface area contributed by atoms with Crippen LogP contribution in [0.4, 0.5) is 0 Å². The molecule has 1 aromatic heterocycles. The molecule has 0 atom stereocenters. The van der Waals surface area contributed by atoms with Gasteiger partial charge in [0.05, 0.1) is 40.0 Å². The van der Waals surface area contributed by atoms with E-state index in [-0.39, 0.29) is 6.61 Å². The molecule has 9 nitrogen and oxygen atoms in total. The molecule has 0 aliphatic carbocycles. The Morgan fingerprint density at radius 3 is 2.33 bits per heavy atom. The summed E-state index contributed by atoms with van der Waals surface area (Å²) in [5.41, 5.74) is 0.679. The molecule has 2 heterocycles. The predicted molar refractivity (Wildman–Crippen MR) is 98.2 cm³/mol. The first-order chi connectivity index (χ1) is 13.2. The maximum absolute atomic E-state index is 9.03. The first-order valence-corrected chi connectivity index (χ1v) is 8.87. The molecule has 0 radical (unpaired) electrons. The molecule has 1 saturated heterocycles. The maximum atomic E-state index is 9.03. The van der Waals surface area contributed by atoms with Crippen LogP contribution in [0.25, 0.3) is 11.4 Å². The van der Waals surface area contributed by atoms with Gasteiger partial charge in [-0.3, -0.25) is 9.80 Å². The number of β-amino-alcohol motifs (C(OH)–C–C–N with tert-alkyl or cyclic N) is 1. The Bertz CT molecular complexity index is 743. The highest BCUT2D eigenvalue weighted by Gasteiger charge is 2.22. The zero-order valence-corrected chi connectivity index (χ0v) is 16.0. The number of nitrogens with zero attached hydrogens (tertiary/aromatic N) is 4. The van der Waals surface area contributed by atoms with E-state index >= 15 is 0 Å². The lowest BCUT2D eigenvalue weighted by Crippen LogP contribution is -2.46. The highest BCUT2D eigenvalue weighted by atomic mass is 16.5. The Balaban J connectivity index is 1.73. The minimum atomic E-state index is 0.195. The number of hydrogen-bond acceptors (Lipinski definition) is 9. The molecule has 0 bridgehead atoms. The van der Waals surface area contributed by atoms with Crippen LogP contribution in [0.1, 0.15) is 5.89 Å². The van der Waals surface area contributed by atoms with Crippen LogP contribution >= 0.6 is 0 Å². The second kappa shape index (κ2) is 9.03. The molecule has 3 rings (SSSR count). The quantitative estimate of drug-likeness (QED) is 0.718. The zero-order valence-electron chi connectivity index (χ0n) is 16.0. The Morgan fingerprint density at radius 2 is 1.70 bits per heavy atom. The number of methoxy groups -OCH3 is 3. The molecule has 0 amide bonds. The topological polar surface area (TPSA) is 93.3 Å². The van der Waals surface area contributed by atoms with Crippen molar-refractivity contribution in [2.24, 2.45) is 0 Å². The van der Waals surface area contributed by atoms with Crippen molar-refractivity contribution in [3.05, 3.63) is 18.0 Å². The van der Waals surface area contributed by atoms with Crippen molar-refractivity contribution in [1.29, 1.82) is 0 Å². The third kappa shape index (κ3) is 4.32. The Kier molecular flexibility index (Phi) is 6.49. The summed E-state index contributed by atoms with van der Waals surface area (Å²) >= 11 is 0. The van der Waals surface area contributed by atoms with Crippen LogP contribution in [0.15, 0.2) is 16.7 Å². The molecule has 0 spiro atoms. The van der Waals surface area contributed by atoms with Crippen molar-refractivity contribution >= 4 is 0 Å². The van der Waals surface area contributed by atoms with Gasteiger partial charge in [-0.15, -0.1) is 0 Å². The van der Waals surface area contributed by atoms with E-state index in [1.807, 2.05) is 6.07 Å². The molecule has 0 saturated carbocycles. The summed E-state index contributed by atoms with van der Waals surface area (Å²) in [6.07, 6.45) is 0.